The van der Waals surface area contributed by atoms with Gasteiger partial charge < -0.3 is 9.47 Å². The second-order valence-corrected chi connectivity index (χ2v) is 9.38. The van der Waals surface area contributed by atoms with Crippen LogP contribution >= 0.6 is 11.3 Å². The standard InChI is InChI=1S/C28H27N5O4S/c1-19-6-5-8-23(16-19)37-15-14-36-22-12-10-21(11-13-22)18-29-31-25(34)17-26-32-33-28(38-26)30-27(35)24-9-4-3-7-20(24)2/h3-13,16,18H,14-15,17H2,1-2H3,(H,31,34)(H,30,33,35). The summed E-state index contributed by atoms with van der Waals surface area (Å²) in [6, 6.07) is 22.4. The number of anilines is 1. The average Bonchev–Trinajstić information content (AvgIpc) is 3.34. The molecule has 1 aromatic heterocycles. The van der Waals surface area contributed by atoms with Crippen molar-refractivity contribution in [2.45, 2.75) is 20.3 Å². The Bertz CT molecular complexity index is 1420. The smallest absolute Gasteiger partial charge is 0.257 e. The molecule has 9 nitrogen and oxygen atoms in total. The lowest BCUT2D eigenvalue weighted by Crippen LogP contribution is -2.19. The van der Waals surface area contributed by atoms with Crippen LogP contribution in [0.2, 0.25) is 0 Å². The van der Waals surface area contributed by atoms with Crippen LogP contribution in [0.1, 0.15) is 32.1 Å². The minimum atomic E-state index is -0.345. The molecule has 10 heteroatoms. The fourth-order valence-corrected chi connectivity index (χ4v) is 4.13. The highest BCUT2D eigenvalue weighted by molar-refractivity contribution is 7.15. The highest BCUT2D eigenvalue weighted by Gasteiger charge is 2.13. The Morgan fingerprint density at radius 1 is 0.921 bits per heavy atom. The highest BCUT2D eigenvalue weighted by atomic mass is 32.1. The fourth-order valence-electron chi connectivity index (χ4n) is 3.40. The molecule has 4 aromatic rings. The molecular formula is C28H27N5O4S. The topological polar surface area (TPSA) is 115 Å². The first-order valence-electron chi connectivity index (χ1n) is 11.9. The van der Waals surface area contributed by atoms with Crippen molar-refractivity contribution >= 4 is 34.5 Å². The molecule has 194 valence electrons. The third kappa shape index (κ3) is 7.97. The van der Waals surface area contributed by atoms with Gasteiger partial charge in [0.1, 0.15) is 29.7 Å². The van der Waals surface area contributed by atoms with Crippen LogP contribution in [0.4, 0.5) is 5.13 Å². The van der Waals surface area contributed by atoms with Gasteiger partial charge in [-0.3, -0.25) is 14.9 Å². The molecule has 0 atom stereocenters. The summed E-state index contributed by atoms with van der Waals surface area (Å²) >= 11 is 1.14. The predicted molar refractivity (Wildman–Crippen MR) is 147 cm³/mol. The molecule has 1 heterocycles. The Morgan fingerprint density at radius 2 is 1.68 bits per heavy atom. The van der Waals surface area contributed by atoms with E-state index in [2.05, 4.69) is 26.0 Å². The zero-order chi connectivity index (χ0) is 26.7. The van der Waals surface area contributed by atoms with E-state index in [9.17, 15) is 9.59 Å². The molecule has 38 heavy (non-hydrogen) atoms. The van der Waals surface area contributed by atoms with Crippen molar-refractivity contribution in [1.29, 1.82) is 0 Å². The molecule has 0 bridgehead atoms. The molecule has 0 saturated carbocycles. The normalized spacial score (nSPS) is 10.8. The van der Waals surface area contributed by atoms with Gasteiger partial charge >= 0.3 is 0 Å². The van der Waals surface area contributed by atoms with Crippen molar-refractivity contribution in [2.24, 2.45) is 5.10 Å². The maximum absolute atomic E-state index is 12.4. The van der Waals surface area contributed by atoms with E-state index in [1.165, 1.54) is 6.21 Å². The molecule has 0 spiro atoms. The first-order valence-corrected chi connectivity index (χ1v) is 12.7. The van der Waals surface area contributed by atoms with Crippen LogP contribution in [0.15, 0.2) is 77.9 Å². The summed E-state index contributed by atoms with van der Waals surface area (Å²) in [6.07, 6.45) is 1.53. The zero-order valence-electron chi connectivity index (χ0n) is 21.0. The van der Waals surface area contributed by atoms with Gasteiger partial charge in [0.15, 0.2) is 0 Å². The Kier molecular flexibility index (Phi) is 9.14. The molecule has 0 fully saturated rings. The molecule has 2 N–H and O–H groups in total. The maximum atomic E-state index is 12.4. The fraction of sp³-hybridized carbons (Fsp3) is 0.179. The van der Waals surface area contributed by atoms with Gasteiger partial charge in [-0.05, 0) is 73.0 Å². The van der Waals surface area contributed by atoms with Gasteiger partial charge in [0.2, 0.25) is 11.0 Å². The van der Waals surface area contributed by atoms with Crippen LogP contribution in [0.3, 0.4) is 0 Å². The molecule has 0 aliphatic carbocycles. The van der Waals surface area contributed by atoms with Crippen molar-refractivity contribution in [3.05, 3.63) is 100 Å². The van der Waals surface area contributed by atoms with Gasteiger partial charge in [-0.1, -0.05) is 41.7 Å². The molecule has 0 unspecified atom stereocenters. The van der Waals surface area contributed by atoms with Crippen LogP contribution < -0.4 is 20.2 Å². The summed E-state index contributed by atoms with van der Waals surface area (Å²) in [5, 5.41) is 15.4. The van der Waals surface area contributed by atoms with E-state index in [0.29, 0.717) is 34.7 Å². The first kappa shape index (κ1) is 26.5. The molecule has 4 rings (SSSR count). The Morgan fingerprint density at radius 3 is 2.45 bits per heavy atom. The van der Waals surface area contributed by atoms with Crippen molar-refractivity contribution in [3.63, 3.8) is 0 Å². The van der Waals surface area contributed by atoms with Gasteiger partial charge in [0.25, 0.3) is 5.91 Å². The number of aromatic nitrogens is 2. The lowest BCUT2D eigenvalue weighted by Gasteiger charge is -2.09. The summed E-state index contributed by atoms with van der Waals surface area (Å²) in [5.74, 6) is 0.911. The van der Waals surface area contributed by atoms with E-state index in [1.807, 2.05) is 74.5 Å². The van der Waals surface area contributed by atoms with E-state index in [-0.39, 0.29) is 18.2 Å². The second-order valence-electron chi connectivity index (χ2n) is 8.32. The van der Waals surface area contributed by atoms with Crippen molar-refractivity contribution in [2.75, 3.05) is 18.5 Å². The summed E-state index contributed by atoms with van der Waals surface area (Å²) < 4.78 is 11.4. The SMILES string of the molecule is Cc1cccc(OCCOc2ccc(C=NNC(=O)Cc3nnc(NC(=O)c4ccccc4C)s3)cc2)c1. The monoisotopic (exact) mass is 529 g/mol. The Balaban J connectivity index is 1.17. The van der Waals surface area contributed by atoms with E-state index < -0.39 is 0 Å². The number of hydrogen-bond acceptors (Lipinski definition) is 8. The van der Waals surface area contributed by atoms with Crippen molar-refractivity contribution in [1.82, 2.24) is 15.6 Å². The van der Waals surface area contributed by atoms with Gasteiger partial charge in [0.05, 0.1) is 12.6 Å². The number of ether oxygens (including phenoxy) is 2. The van der Waals surface area contributed by atoms with Crippen molar-refractivity contribution in [3.8, 4) is 11.5 Å². The summed E-state index contributed by atoms with van der Waals surface area (Å²) in [7, 11) is 0. The van der Waals surface area contributed by atoms with Crippen molar-refractivity contribution < 1.29 is 19.1 Å². The number of nitrogens with zero attached hydrogens (tertiary/aromatic N) is 3. The van der Waals surface area contributed by atoms with E-state index in [1.54, 1.807) is 12.1 Å². The Hall–Kier alpha value is -4.57. The largest absolute Gasteiger partial charge is 0.490 e. The molecule has 0 aliphatic rings. The minimum absolute atomic E-state index is 0.00730. The number of aryl methyl sites for hydroxylation is 2. The van der Waals surface area contributed by atoms with Crippen LogP contribution in [0, 0.1) is 13.8 Å². The molecule has 0 radical (unpaired) electrons. The third-order valence-corrected chi connectivity index (χ3v) is 6.12. The number of hydrazone groups is 1. The van der Waals surface area contributed by atoms with Crippen LogP contribution in [-0.2, 0) is 11.2 Å². The lowest BCUT2D eigenvalue weighted by atomic mass is 10.1. The summed E-state index contributed by atoms with van der Waals surface area (Å²) in [4.78, 5) is 24.6. The first-order chi connectivity index (χ1) is 18.5. The van der Waals surface area contributed by atoms with Crippen LogP contribution in [0.5, 0.6) is 11.5 Å². The molecule has 0 aliphatic heterocycles. The van der Waals surface area contributed by atoms with Gasteiger partial charge in [-0.15, -0.1) is 10.2 Å². The quantitative estimate of drug-likeness (QED) is 0.167. The van der Waals surface area contributed by atoms with Gasteiger partial charge in [0, 0.05) is 5.56 Å². The predicted octanol–water partition coefficient (Wildman–Crippen LogP) is 4.56. The number of amides is 2. The zero-order valence-corrected chi connectivity index (χ0v) is 21.8. The van der Waals surface area contributed by atoms with Crippen LogP contribution in [-0.4, -0.2) is 41.4 Å². The minimum Gasteiger partial charge on any atom is -0.490 e. The number of carbonyl (C=O) groups excluding carboxylic acids is 2. The summed E-state index contributed by atoms with van der Waals surface area (Å²) in [6.45, 7) is 4.73. The highest BCUT2D eigenvalue weighted by Crippen LogP contribution is 2.18. The van der Waals surface area contributed by atoms with E-state index >= 15 is 0 Å². The lowest BCUT2D eigenvalue weighted by molar-refractivity contribution is -0.120. The third-order valence-electron chi connectivity index (χ3n) is 5.28. The van der Waals surface area contributed by atoms with Gasteiger partial charge in [-0.25, -0.2) is 5.43 Å². The molecule has 0 saturated heterocycles. The Labute approximate surface area is 224 Å². The summed E-state index contributed by atoms with van der Waals surface area (Å²) in [5.41, 5.74) is 5.83. The molecular weight excluding hydrogens is 502 g/mol. The second kappa shape index (κ2) is 13.1. The number of benzene rings is 3. The van der Waals surface area contributed by atoms with Crippen LogP contribution in [0.25, 0.3) is 0 Å². The molecule has 3 aromatic carbocycles. The van der Waals surface area contributed by atoms with E-state index in [4.69, 9.17) is 9.47 Å². The number of nitrogens with one attached hydrogen (secondary N) is 2. The number of rotatable bonds is 11. The van der Waals surface area contributed by atoms with E-state index in [0.717, 1.165) is 33.8 Å². The maximum Gasteiger partial charge on any atom is 0.257 e. The molecule has 2 amide bonds. The number of carbonyl (C=O) groups is 2. The van der Waals surface area contributed by atoms with Gasteiger partial charge in [-0.2, -0.15) is 5.10 Å². The average molecular weight is 530 g/mol. The number of hydrogen-bond donors (Lipinski definition) is 2.